The van der Waals surface area contributed by atoms with E-state index in [1.165, 1.54) is 82.3 Å². The van der Waals surface area contributed by atoms with E-state index in [-0.39, 0.29) is 21.7 Å². The van der Waals surface area contributed by atoms with Gasteiger partial charge in [-0.05, 0) is 92.4 Å². The molecule has 0 N–H and O–H groups in total. The molecule has 0 aliphatic heterocycles. The Balaban J connectivity index is 1.87. The molecular formula is C45H62NS+. The first-order valence-corrected chi connectivity index (χ1v) is 19.1. The van der Waals surface area contributed by atoms with Crippen LogP contribution in [0.5, 0.6) is 0 Å². The molecule has 0 saturated heterocycles. The molecule has 0 spiro atoms. The number of para-hydroxylation sites is 1. The second kappa shape index (κ2) is 13.0. The number of aromatic nitrogens is 1. The van der Waals surface area contributed by atoms with Crippen LogP contribution < -0.4 is 4.57 Å². The highest BCUT2D eigenvalue weighted by Gasteiger charge is 2.34. The highest BCUT2D eigenvalue weighted by atomic mass is 32.1. The van der Waals surface area contributed by atoms with Crippen molar-refractivity contribution in [3.05, 3.63) is 92.9 Å². The van der Waals surface area contributed by atoms with Gasteiger partial charge in [0.1, 0.15) is 0 Å². The van der Waals surface area contributed by atoms with Crippen molar-refractivity contribution in [2.24, 2.45) is 0 Å². The Kier molecular flexibility index (Phi) is 9.81. The van der Waals surface area contributed by atoms with Crippen molar-refractivity contribution >= 4 is 11.3 Å². The molecule has 1 unspecified atom stereocenters. The number of thiazole rings is 1. The Hall–Kier alpha value is -2.71. The molecule has 4 aromatic rings. The van der Waals surface area contributed by atoms with Crippen LogP contribution in [-0.2, 0) is 28.1 Å². The van der Waals surface area contributed by atoms with Gasteiger partial charge in [0.05, 0.1) is 16.0 Å². The van der Waals surface area contributed by atoms with E-state index in [4.69, 9.17) is 0 Å². The molecule has 2 heteroatoms. The summed E-state index contributed by atoms with van der Waals surface area (Å²) in [5.41, 5.74) is 16.5. The van der Waals surface area contributed by atoms with Gasteiger partial charge in [0.25, 0.3) is 0 Å². The first-order valence-electron chi connectivity index (χ1n) is 18.3. The molecule has 47 heavy (non-hydrogen) atoms. The van der Waals surface area contributed by atoms with E-state index in [0.717, 1.165) is 6.42 Å². The van der Waals surface area contributed by atoms with Crippen LogP contribution in [0, 0.1) is 0 Å². The maximum absolute atomic E-state index is 2.63. The van der Waals surface area contributed by atoms with E-state index >= 15 is 0 Å². The number of nitrogens with zero attached hydrogens (tertiary/aromatic N) is 1. The number of benzene rings is 3. The number of rotatable bonds is 6. The average molecular weight is 649 g/mol. The molecule has 1 nitrogen and oxygen atoms in total. The maximum Gasteiger partial charge on any atom is 0.231 e. The zero-order chi connectivity index (χ0) is 34.5. The normalized spacial score (nSPS) is 16.0. The van der Waals surface area contributed by atoms with E-state index in [1.807, 2.05) is 11.3 Å². The van der Waals surface area contributed by atoms with Crippen LogP contribution in [-0.4, -0.2) is 0 Å². The summed E-state index contributed by atoms with van der Waals surface area (Å²) in [7, 11) is 0. The number of hydrogen-bond acceptors (Lipinski definition) is 1. The highest BCUT2D eigenvalue weighted by molar-refractivity contribution is 7.09. The van der Waals surface area contributed by atoms with Crippen LogP contribution in [0.3, 0.4) is 0 Å². The third kappa shape index (κ3) is 7.64. The zero-order valence-electron chi connectivity index (χ0n) is 31.9. The molecule has 0 radical (unpaired) electrons. The van der Waals surface area contributed by atoms with Gasteiger partial charge < -0.3 is 0 Å². The van der Waals surface area contributed by atoms with Crippen molar-refractivity contribution in [1.82, 2.24) is 0 Å². The highest BCUT2D eigenvalue weighted by Crippen LogP contribution is 2.43. The number of fused-ring (bicyclic) bond motifs is 1. The topological polar surface area (TPSA) is 3.88 Å². The SMILES string of the molecule is CCCCC1CCCc2c1sc[n+]2-c1c(-c2cc(C(C)(C)C)cc(C(C)(C)C)c2)cccc1-c1cc(C(C)(C)C)cc(C(C)(C)C)c1. The molecule has 1 atom stereocenters. The molecule has 0 amide bonds. The average Bonchev–Trinajstić information content (AvgIpc) is 3.42. The minimum atomic E-state index is 0.0532. The second-order valence-electron chi connectivity index (χ2n) is 18.4. The van der Waals surface area contributed by atoms with Crippen LogP contribution in [0.1, 0.15) is 161 Å². The quantitative estimate of drug-likeness (QED) is 0.183. The van der Waals surface area contributed by atoms with Crippen molar-refractivity contribution < 1.29 is 4.57 Å². The fourth-order valence-electron chi connectivity index (χ4n) is 7.06. The van der Waals surface area contributed by atoms with Gasteiger partial charge in [-0.25, -0.2) is 0 Å². The molecule has 3 aromatic carbocycles. The Morgan fingerprint density at radius 3 is 1.51 bits per heavy atom. The minimum absolute atomic E-state index is 0.0532. The summed E-state index contributed by atoms with van der Waals surface area (Å²) in [5.74, 6) is 0.689. The fraction of sp³-hybridized carbons (Fsp3) is 0.533. The molecule has 1 heterocycles. The third-order valence-corrected chi connectivity index (χ3v) is 11.5. The van der Waals surface area contributed by atoms with Crippen LogP contribution in [0.4, 0.5) is 0 Å². The van der Waals surface area contributed by atoms with Gasteiger partial charge in [0.15, 0.2) is 0 Å². The van der Waals surface area contributed by atoms with Gasteiger partial charge in [-0.2, -0.15) is 4.57 Å². The van der Waals surface area contributed by atoms with E-state index in [9.17, 15) is 0 Å². The fourth-order valence-corrected chi connectivity index (χ4v) is 8.28. The van der Waals surface area contributed by atoms with Crippen LogP contribution in [0.25, 0.3) is 27.9 Å². The van der Waals surface area contributed by atoms with Crippen molar-refractivity contribution in [3.8, 4) is 27.9 Å². The Morgan fingerprint density at radius 2 is 1.11 bits per heavy atom. The van der Waals surface area contributed by atoms with Crippen molar-refractivity contribution in [2.75, 3.05) is 0 Å². The van der Waals surface area contributed by atoms with Gasteiger partial charge in [-0.1, -0.05) is 157 Å². The summed E-state index contributed by atoms with van der Waals surface area (Å²) in [6.45, 7) is 30.5. The second-order valence-corrected chi connectivity index (χ2v) is 19.3. The summed E-state index contributed by atoms with van der Waals surface area (Å²) in [5, 5.41) is 0. The first kappa shape index (κ1) is 35.6. The predicted molar refractivity (Wildman–Crippen MR) is 207 cm³/mol. The lowest BCUT2D eigenvalue weighted by molar-refractivity contribution is -0.598. The van der Waals surface area contributed by atoms with Crippen LogP contribution >= 0.6 is 11.3 Å². The lowest BCUT2D eigenvalue weighted by Gasteiger charge is -2.27. The minimum Gasteiger partial charge on any atom is -0.153 e. The summed E-state index contributed by atoms with van der Waals surface area (Å²) in [4.78, 5) is 1.63. The molecule has 252 valence electrons. The molecule has 1 aromatic heterocycles. The largest absolute Gasteiger partial charge is 0.231 e. The summed E-state index contributed by atoms with van der Waals surface area (Å²) < 4.78 is 2.63. The van der Waals surface area contributed by atoms with Crippen molar-refractivity contribution in [1.29, 1.82) is 0 Å². The lowest BCUT2D eigenvalue weighted by atomic mass is 9.77. The molecule has 5 rings (SSSR count). The van der Waals surface area contributed by atoms with Crippen LogP contribution in [0.15, 0.2) is 60.1 Å². The van der Waals surface area contributed by atoms with Crippen LogP contribution in [0.2, 0.25) is 0 Å². The molecule has 0 fully saturated rings. The van der Waals surface area contributed by atoms with Gasteiger partial charge >= 0.3 is 0 Å². The maximum atomic E-state index is 2.63. The zero-order valence-corrected chi connectivity index (χ0v) is 32.8. The Morgan fingerprint density at radius 1 is 0.660 bits per heavy atom. The summed E-state index contributed by atoms with van der Waals surface area (Å²) in [6, 6.07) is 21.9. The Bertz CT molecular complexity index is 1560. The first-order chi connectivity index (χ1) is 21.8. The van der Waals surface area contributed by atoms with E-state index in [2.05, 4.69) is 155 Å². The monoisotopic (exact) mass is 648 g/mol. The third-order valence-electron chi connectivity index (χ3n) is 10.3. The van der Waals surface area contributed by atoms with Crippen molar-refractivity contribution in [2.45, 2.75) is 156 Å². The van der Waals surface area contributed by atoms with Gasteiger partial charge in [0, 0.05) is 6.42 Å². The van der Waals surface area contributed by atoms with Crippen molar-refractivity contribution in [3.63, 3.8) is 0 Å². The summed E-state index contributed by atoms with van der Waals surface area (Å²) >= 11 is 2.01. The molecule has 0 bridgehead atoms. The molecule has 1 aliphatic rings. The smallest absolute Gasteiger partial charge is 0.153 e. The number of unbranched alkanes of at least 4 members (excludes halogenated alkanes) is 1. The van der Waals surface area contributed by atoms with Gasteiger partial charge in [-0.15, -0.1) is 0 Å². The van der Waals surface area contributed by atoms with Gasteiger partial charge in [-0.3, -0.25) is 0 Å². The van der Waals surface area contributed by atoms with E-state index in [1.54, 1.807) is 10.6 Å². The Labute approximate surface area is 291 Å². The predicted octanol–water partition coefficient (Wildman–Crippen LogP) is 13.2. The van der Waals surface area contributed by atoms with E-state index in [0.29, 0.717) is 5.92 Å². The van der Waals surface area contributed by atoms with Gasteiger partial charge in [0.2, 0.25) is 16.9 Å². The standard InChI is InChI=1S/C45H62NS/c1-14-15-18-30-19-16-22-39-41(30)47-29-46(39)40-37(31-23-33(42(2,3)4)27-34(24-31)43(5,6)7)20-17-21-38(40)32-25-35(44(8,9)10)28-36(26-32)45(11,12)13/h17,20-21,23-30H,14-16,18-19,22H2,1-13H3/q+1. The number of hydrogen-bond donors (Lipinski definition) is 0. The lowest BCUT2D eigenvalue weighted by Crippen LogP contribution is -2.36. The molecule has 0 saturated carbocycles. The molecule has 1 aliphatic carbocycles. The van der Waals surface area contributed by atoms with E-state index < -0.39 is 0 Å². The molecular weight excluding hydrogens is 587 g/mol. The summed E-state index contributed by atoms with van der Waals surface area (Å²) in [6.07, 6.45) is 7.65.